The molecule has 1 amide bonds. The highest BCUT2D eigenvalue weighted by molar-refractivity contribution is 6.31. The number of aromatic nitrogens is 2. The van der Waals surface area contributed by atoms with E-state index in [0.29, 0.717) is 46.8 Å². The third-order valence-corrected chi connectivity index (χ3v) is 5.35. The van der Waals surface area contributed by atoms with Gasteiger partial charge >= 0.3 is 0 Å². The first-order valence-corrected chi connectivity index (χ1v) is 11.3. The van der Waals surface area contributed by atoms with Gasteiger partial charge in [0.1, 0.15) is 6.04 Å². The number of amides is 1. The molecule has 4 rings (SSSR count). The Kier molecular flexibility index (Phi) is 7.44. The van der Waals surface area contributed by atoms with Crippen molar-refractivity contribution in [3.8, 4) is 23.0 Å². The topological polar surface area (TPSA) is 86.5 Å². The number of ether oxygens (including phenoxy) is 2. The molecule has 0 radical (unpaired) electrons. The Bertz CT molecular complexity index is 1260. The van der Waals surface area contributed by atoms with Crippen LogP contribution in [0.15, 0.2) is 77.2 Å². The molecule has 174 valence electrons. The van der Waals surface area contributed by atoms with E-state index in [0.717, 1.165) is 5.56 Å². The van der Waals surface area contributed by atoms with Crippen molar-refractivity contribution >= 4 is 17.5 Å². The quantitative estimate of drug-likeness (QED) is 0.332. The molecular weight excluding hydrogens is 454 g/mol. The summed E-state index contributed by atoms with van der Waals surface area (Å²) >= 11 is 6.47. The van der Waals surface area contributed by atoms with E-state index < -0.39 is 6.04 Å². The number of rotatable bonds is 9. The number of carbonyl (C=O) groups excluding carboxylic acids is 1. The Morgan fingerprint density at radius 3 is 2.38 bits per heavy atom. The number of nitrogens with one attached hydrogen (secondary N) is 1. The molecule has 1 N–H and O–H groups in total. The van der Waals surface area contributed by atoms with E-state index in [1.165, 1.54) is 0 Å². The van der Waals surface area contributed by atoms with Gasteiger partial charge in [-0.05, 0) is 50.2 Å². The molecule has 8 heteroatoms. The van der Waals surface area contributed by atoms with Gasteiger partial charge in [-0.3, -0.25) is 4.79 Å². The smallest absolute Gasteiger partial charge is 0.252 e. The van der Waals surface area contributed by atoms with Crippen molar-refractivity contribution in [2.45, 2.75) is 19.9 Å². The maximum absolute atomic E-state index is 13.3. The summed E-state index contributed by atoms with van der Waals surface area (Å²) in [4.78, 5) is 13.3. The Labute approximate surface area is 202 Å². The second kappa shape index (κ2) is 10.9. The van der Waals surface area contributed by atoms with Gasteiger partial charge in [-0.15, -0.1) is 10.2 Å². The fraction of sp³-hybridized carbons (Fsp3) is 0.192. The fourth-order valence-electron chi connectivity index (χ4n) is 3.44. The second-order valence-electron chi connectivity index (χ2n) is 7.27. The predicted molar refractivity (Wildman–Crippen MR) is 129 cm³/mol. The second-order valence-corrected chi connectivity index (χ2v) is 7.67. The van der Waals surface area contributed by atoms with E-state index in [2.05, 4.69) is 15.5 Å². The summed E-state index contributed by atoms with van der Waals surface area (Å²) in [5.74, 6) is 1.29. The molecule has 34 heavy (non-hydrogen) atoms. The normalized spacial score (nSPS) is 11.6. The van der Waals surface area contributed by atoms with E-state index in [9.17, 15) is 4.79 Å². The molecule has 0 saturated heterocycles. The van der Waals surface area contributed by atoms with Crippen LogP contribution in [0.5, 0.6) is 11.5 Å². The van der Waals surface area contributed by atoms with Crippen molar-refractivity contribution in [3.63, 3.8) is 0 Å². The zero-order chi connectivity index (χ0) is 23.9. The van der Waals surface area contributed by atoms with Crippen LogP contribution in [0.2, 0.25) is 5.02 Å². The van der Waals surface area contributed by atoms with Crippen LogP contribution in [0.4, 0.5) is 0 Å². The molecule has 0 aliphatic rings. The third kappa shape index (κ3) is 5.21. The van der Waals surface area contributed by atoms with Gasteiger partial charge in [0.25, 0.3) is 5.91 Å². The van der Waals surface area contributed by atoms with Gasteiger partial charge in [-0.2, -0.15) is 0 Å². The third-order valence-electron chi connectivity index (χ3n) is 5.01. The standard InChI is InChI=1S/C26H24ClN3O4/c1-3-32-21-15-14-18(16-22(21)33-4-2)24(31)28-23(19-12-8-9-13-20(19)27)26-30-29-25(34-26)17-10-6-5-7-11-17/h5-16,23H,3-4H2,1-2H3,(H,28,31). The zero-order valence-corrected chi connectivity index (χ0v) is 19.6. The summed E-state index contributed by atoms with van der Waals surface area (Å²) in [5, 5.41) is 11.8. The molecule has 1 aromatic heterocycles. The van der Waals surface area contributed by atoms with E-state index in [4.69, 9.17) is 25.5 Å². The maximum Gasteiger partial charge on any atom is 0.252 e. The maximum atomic E-state index is 13.3. The Balaban J connectivity index is 1.67. The van der Waals surface area contributed by atoms with Crippen LogP contribution in [0.3, 0.4) is 0 Å². The summed E-state index contributed by atoms with van der Waals surface area (Å²) in [6.45, 7) is 4.69. The van der Waals surface area contributed by atoms with Gasteiger partial charge < -0.3 is 19.2 Å². The minimum atomic E-state index is -0.756. The van der Waals surface area contributed by atoms with Crippen molar-refractivity contribution in [3.05, 3.63) is 94.8 Å². The highest BCUT2D eigenvalue weighted by Gasteiger charge is 2.26. The summed E-state index contributed by atoms with van der Waals surface area (Å²) in [6.07, 6.45) is 0. The molecule has 0 spiro atoms. The molecule has 1 heterocycles. The van der Waals surface area contributed by atoms with Crippen molar-refractivity contribution in [2.24, 2.45) is 0 Å². The summed E-state index contributed by atoms with van der Waals surface area (Å²) in [7, 11) is 0. The van der Waals surface area contributed by atoms with E-state index in [-0.39, 0.29) is 11.8 Å². The van der Waals surface area contributed by atoms with Crippen molar-refractivity contribution in [2.75, 3.05) is 13.2 Å². The lowest BCUT2D eigenvalue weighted by molar-refractivity contribution is 0.0937. The first-order valence-electron chi connectivity index (χ1n) is 10.9. The molecule has 0 aliphatic heterocycles. The summed E-state index contributed by atoms with van der Waals surface area (Å²) in [5.41, 5.74) is 1.81. The Hall–Kier alpha value is -3.84. The fourth-order valence-corrected chi connectivity index (χ4v) is 3.68. The predicted octanol–water partition coefficient (Wildman–Crippen LogP) is 5.71. The molecule has 7 nitrogen and oxygen atoms in total. The van der Waals surface area contributed by atoms with E-state index >= 15 is 0 Å². The highest BCUT2D eigenvalue weighted by Crippen LogP contribution is 2.31. The average molecular weight is 478 g/mol. The minimum Gasteiger partial charge on any atom is -0.490 e. The lowest BCUT2D eigenvalue weighted by Crippen LogP contribution is -2.30. The molecule has 0 aliphatic carbocycles. The van der Waals surface area contributed by atoms with Crippen molar-refractivity contribution < 1.29 is 18.7 Å². The number of halogens is 1. The average Bonchev–Trinajstić information content (AvgIpc) is 3.35. The first kappa shape index (κ1) is 23.3. The van der Waals surface area contributed by atoms with Gasteiger partial charge in [0, 0.05) is 21.7 Å². The zero-order valence-electron chi connectivity index (χ0n) is 18.8. The van der Waals surface area contributed by atoms with Crippen LogP contribution in [0.1, 0.15) is 41.7 Å². The molecule has 1 unspecified atom stereocenters. The highest BCUT2D eigenvalue weighted by atomic mass is 35.5. The lowest BCUT2D eigenvalue weighted by atomic mass is 10.1. The van der Waals surface area contributed by atoms with E-state index in [1.54, 1.807) is 24.3 Å². The van der Waals surface area contributed by atoms with Crippen LogP contribution in [-0.2, 0) is 0 Å². The number of hydrogen-bond donors (Lipinski definition) is 1. The summed E-state index contributed by atoms with van der Waals surface area (Å²) < 4.78 is 17.2. The minimum absolute atomic E-state index is 0.219. The number of benzene rings is 3. The van der Waals surface area contributed by atoms with Crippen molar-refractivity contribution in [1.82, 2.24) is 15.5 Å². The van der Waals surface area contributed by atoms with Crippen LogP contribution >= 0.6 is 11.6 Å². The molecule has 0 fully saturated rings. The molecule has 3 aromatic carbocycles. The lowest BCUT2D eigenvalue weighted by Gasteiger charge is -2.18. The number of hydrogen-bond acceptors (Lipinski definition) is 6. The molecule has 1 atom stereocenters. The van der Waals surface area contributed by atoms with Crippen LogP contribution in [0.25, 0.3) is 11.5 Å². The molecular formula is C26H24ClN3O4. The Morgan fingerprint density at radius 1 is 0.941 bits per heavy atom. The monoisotopic (exact) mass is 477 g/mol. The Morgan fingerprint density at radius 2 is 1.65 bits per heavy atom. The van der Waals surface area contributed by atoms with Crippen LogP contribution < -0.4 is 14.8 Å². The first-order chi connectivity index (χ1) is 16.6. The summed E-state index contributed by atoms with van der Waals surface area (Å²) in [6, 6.07) is 20.9. The van der Waals surface area contributed by atoms with Crippen LogP contribution in [0, 0.1) is 0 Å². The molecule has 0 saturated carbocycles. The molecule has 0 bridgehead atoms. The van der Waals surface area contributed by atoms with Gasteiger partial charge in [-0.25, -0.2) is 0 Å². The van der Waals surface area contributed by atoms with Gasteiger partial charge in [0.15, 0.2) is 11.5 Å². The SMILES string of the molecule is CCOc1ccc(C(=O)NC(c2nnc(-c3ccccc3)o2)c2ccccc2Cl)cc1OCC. The van der Waals surface area contributed by atoms with Gasteiger partial charge in [-0.1, -0.05) is 48.0 Å². The van der Waals surface area contributed by atoms with Gasteiger partial charge in [0.2, 0.25) is 11.8 Å². The largest absolute Gasteiger partial charge is 0.490 e. The number of nitrogens with zero attached hydrogens (tertiary/aromatic N) is 2. The molecule has 4 aromatic rings. The number of carbonyl (C=O) groups is 1. The van der Waals surface area contributed by atoms with Crippen LogP contribution in [-0.4, -0.2) is 29.3 Å². The van der Waals surface area contributed by atoms with E-state index in [1.807, 2.05) is 62.4 Å². The van der Waals surface area contributed by atoms with Gasteiger partial charge in [0.05, 0.1) is 13.2 Å². The van der Waals surface area contributed by atoms with Crippen molar-refractivity contribution in [1.29, 1.82) is 0 Å².